The second-order valence-corrected chi connectivity index (χ2v) is 6.88. The van der Waals surface area contributed by atoms with Crippen molar-refractivity contribution in [3.63, 3.8) is 0 Å². The third-order valence-electron chi connectivity index (χ3n) is 4.69. The van der Waals surface area contributed by atoms with E-state index in [-0.39, 0.29) is 17.2 Å². The maximum atomic E-state index is 12.4. The highest BCUT2D eigenvalue weighted by molar-refractivity contribution is 6.28. The van der Waals surface area contributed by atoms with Crippen LogP contribution in [-0.2, 0) is 0 Å². The summed E-state index contributed by atoms with van der Waals surface area (Å²) >= 11 is 5.71. The van der Waals surface area contributed by atoms with Gasteiger partial charge in [0.05, 0.1) is 0 Å². The molecule has 1 amide bonds. The van der Waals surface area contributed by atoms with Gasteiger partial charge < -0.3 is 19.4 Å². The predicted octanol–water partition coefficient (Wildman–Crippen LogP) is 3.55. The standard InChI is InChI=1S/C18H19ClN2O3/c19-16-5-6-17(24-16)23-15-3-1-13(2-4-15)18(22)20-14-9-12-7-8-21(10-12)11-14/h1-6,12,14H,7-11H2,(H,20,22). The largest absolute Gasteiger partial charge is 0.426 e. The average Bonchev–Trinajstić information content (AvgIpc) is 3.13. The minimum atomic E-state index is -0.0323. The Labute approximate surface area is 145 Å². The average molecular weight is 347 g/mol. The summed E-state index contributed by atoms with van der Waals surface area (Å²) in [5.41, 5.74) is 0.632. The monoisotopic (exact) mass is 346 g/mol. The summed E-state index contributed by atoms with van der Waals surface area (Å²) < 4.78 is 10.7. The minimum absolute atomic E-state index is 0.0323. The van der Waals surface area contributed by atoms with Crippen LogP contribution in [0.25, 0.3) is 0 Å². The Bertz CT molecular complexity index is 716. The Morgan fingerprint density at radius 1 is 1.21 bits per heavy atom. The van der Waals surface area contributed by atoms with Crippen LogP contribution >= 0.6 is 11.6 Å². The van der Waals surface area contributed by atoms with E-state index in [1.807, 2.05) is 0 Å². The smallest absolute Gasteiger partial charge is 0.291 e. The number of nitrogens with one attached hydrogen (secondary N) is 1. The van der Waals surface area contributed by atoms with Crippen molar-refractivity contribution in [2.24, 2.45) is 5.92 Å². The molecule has 1 aromatic carbocycles. The molecule has 0 spiro atoms. The normalized spacial score (nSPS) is 25.5. The van der Waals surface area contributed by atoms with E-state index in [0.29, 0.717) is 17.3 Å². The molecule has 3 heterocycles. The number of rotatable bonds is 4. The molecule has 3 unspecified atom stereocenters. The maximum absolute atomic E-state index is 12.4. The number of carbonyl (C=O) groups is 1. The van der Waals surface area contributed by atoms with E-state index >= 15 is 0 Å². The zero-order valence-electron chi connectivity index (χ0n) is 13.2. The van der Waals surface area contributed by atoms with Gasteiger partial charge in [-0.05, 0) is 61.2 Å². The lowest BCUT2D eigenvalue weighted by atomic mass is 9.96. The molecular weight excluding hydrogens is 328 g/mol. The molecule has 0 aliphatic carbocycles. The van der Waals surface area contributed by atoms with Crippen LogP contribution in [0.1, 0.15) is 23.2 Å². The fourth-order valence-corrected chi connectivity index (χ4v) is 3.72. The second-order valence-electron chi connectivity index (χ2n) is 6.51. The van der Waals surface area contributed by atoms with E-state index in [0.717, 1.165) is 18.9 Å². The fourth-order valence-electron chi connectivity index (χ4n) is 3.58. The van der Waals surface area contributed by atoms with Crippen molar-refractivity contribution < 1.29 is 13.9 Å². The summed E-state index contributed by atoms with van der Waals surface area (Å²) in [6, 6.07) is 10.5. The Morgan fingerprint density at radius 3 is 2.75 bits per heavy atom. The maximum Gasteiger partial charge on any atom is 0.291 e. The summed E-state index contributed by atoms with van der Waals surface area (Å²) in [4.78, 5) is 14.8. The van der Waals surface area contributed by atoms with Gasteiger partial charge in [-0.15, -0.1) is 0 Å². The number of ether oxygens (including phenoxy) is 1. The lowest BCUT2D eigenvalue weighted by molar-refractivity contribution is 0.0909. The van der Waals surface area contributed by atoms with Crippen LogP contribution in [0.4, 0.5) is 0 Å². The molecule has 2 bridgehead atoms. The third kappa shape index (κ3) is 3.42. The zero-order chi connectivity index (χ0) is 16.5. The van der Waals surface area contributed by atoms with E-state index in [2.05, 4.69) is 10.2 Å². The number of piperidine rings is 1. The van der Waals surface area contributed by atoms with E-state index in [1.54, 1.807) is 36.4 Å². The highest BCUT2D eigenvalue weighted by Gasteiger charge is 2.32. The molecule has 2 fully saturated rings. The number of halogens is 1. The van der Waals surface area contributed by atoms with E-state index in [1.165, 1.54) is 19.5 Å². The molecule has 6 heteroatoms. The van der Waals surface area contributed by atoms with Gasteiger partial charge in [-0.2, -0.15) is 0 Å². The Hall–Kier alpha value is -1.98. The van der Waals surface area contributed by atoms with Crippen LogP contribution in [0.3, 0.4) is 0 Å². The van der Waals surface area contributed by atoms with Crippen LogP contribution < -0.4 is 10.1 Å². The lowest BCUT2D eigenvalue weighted by Gasteiger charge is -2.30. The molecule has 2 aliphatic heterocycles. The quantitative estimate of drug-likeness (QED) is 0.919. The minimum Gasteiger partial charge on any atom is -0.426 e. The third-order valence-corrected chi connectivity index (χ3v) is 4.89. The van der Waals surface area contributed by atoms with Gasteiger partial charge in [-0.1, -0.05) is 0 Å². The number of hydrogen-bond acceptors (Lipinski definition) is 4. The molecule has 5 nitrogen and oxygen atoms in total. The number of benzene rings is 1. The molecule has 1 N–H and O–H groups in total. The molecule has 0 saturated carbocycles. The van der Waals surface area contributed by atoms with Gasteiger partial charge >= 0.3 is 0 Å². The summed E-state index contributed by atoms with van der Waals surface area (Å²) in [5, 5.41) is 3.43. The van der Waals surface area contributed by atoms with Gasteiger partial charge in [-0.25, -0.2) is 0 Å². The number of fused-ring (bicyclic) bond motifs is 2. The van der Waals surface area contributed by atoms with Gasteiger partial charge in [-0.3, -0.25) is 4.79 Å². The van der Waals surface area contributed by atoms with Crippen LogP contribution in [0.15, 0.2) is 40.8 Å². The first-order valence-electron chi connectivity index (χ1n) is 8.22. The summed E-state index contributed by atoms with van der Waals surface area (Å²) in [6.45, 7) is 3.32. The lowest BCUT2D eigenvalue weighted by Crippen LogP contribution is -2.46. The van der Waals surface area contributed by atoms with Gasteiger partial charge in [0.1, 0.15) is 5.75 Å². The summed E-state index contributed by atoms with van der Waals surface area (Å²) in [7, 11) is 0. The highest BCUT2D eigenvalue weighted by atomic mass is 35.5. The fraction of sp³-hybridized carbons (Fsp3) is 0.389. The number of furan rings is 1. The van der Waals surface area contributed by atoms with E-state index in [4.69, 9.17) is 20.8 Å². The molecule has 24 heavy (non-hydrogen) atoms. The van der Waals surface area contributed by atoms with Crippen LogP contribution in [0, 0.1) is 5.92 Å². The highest BCUT2D eigenvalue weighted by Crippen LogP contribution is 2.28. The van der Waals surface area contributed by atoms with Gasteiger partial charge in [0.2, 0.25) is 0 Å². The molecule has 4 rings (SSSR count). The van der Waals surface area contributed by atoms with Crippen molar-refractivity contribution >= 4 is 17.5 Å². The molecule has 3 atom stereocenters. The Morgan fingerprint density at radius 2 is 2.04 bits per heavy atom. The zero-order valence-corrected chi connectivity index (χ0v) is 14.0. The van der Waals surface area contributed by atoms with Crippen molar-refractivity contribution in [2.45, 2.75) is 18.9 Å². The first-order chi connectivity index (χ1) is 11.7. The van der Waals surface area contributed by atoms with Crippen LogP contribution in [-0.4, -0.2) is 36.5 Å². The molecule has 1 aromatic heterocycles. The van der Waals surface area contributed by atoms with E-state index in [9.17, 15) is 4.79 Å². The van der Waals surface area contributed by atoms with E-state index < -0.39 is 0 Å². The summed E-state index contributed by atoms with van der Waals surface area (Å²) in [6.07, 6.45) is 2.35. The molecule has 2 saturated heterocycles. The Balaban J connectivity index is 1.36. The number of amides is 1. The molecule has 0 radical (unpaired) electrons. The number of nitrogens with zero attached hydrogens (tertiary/aromatic N) is 1. The first-order valence-corrected chi connectivity index (χ1v) is 8.60. The van der Waals surface area contributed by atoms with Gasteiger partial charge in [0, 0.05) is 36.8 Å². The SMILES string of the molecule is O=C(NC1CC2CCN(C2)C1)c1ccc(Oc2ccc(Cl)o2)cc1. The van der Waals surface area contributed by atoms with Crippen molar-refractivity contribution in [3.8, 4) is 11.7 Å². The van der Waals surface area contributed by atoms with Crippen molar-refractivity contribution in [2.75, 3.05) is 19.6 Å². The number of carbonyl (C=O) groups excluding carboxylic acids is 1. The predicted molar refractivity (Wildman–Crippen MR) is 90.7 cm³/mol. The molecule has 2 aromatic rings. The molecule has 2 aliphatic rings. The molecular formula is C18H19ClN2O3. The second kappa shape index (κ2) is 6.49. The van der Waals surface area contributed by atoms with Gasteiger partial charge in [0.15, 0.2) is 5.22 Å². The molecule has 126 valence electrons. The van der Waals surface area contributed by atoms with Crippen molar-refractivity contribution in [1.29, 1.82) is 0 Å². The van der Waals surface area contributed by atoms with Crippen molar-refractivity contribution in [3.05, 3.63) is 47.2 Å². The van der Waals surface area contributed by atoms with Crippen LogP contribution in [0.5, 0.6) is 11.7 Å². The first kappa shape index (κ1) is 15.5. The Kier molecular flexibility index (Phi) is 4.21. The summed E-state index contributed by atoms with van der Waals surface area (Å²) in [5.74, 6) is 1.62. The van der Waals surface area contributed by atoms with Crippen LogP contribution in [0.2, 0.25) is 5.22 Å². The number of hydrogen-bond donors (Lipinski definition) is 1. The topological polar surface area (TPSA) is 54.7 Å². The van der Waals surface area contributed by atoms with Gasteiger partial charge in [0.25, 0.3) is 11.9 Å². The van der Waals surface area contributed by atoms with Crippen molar-refractivity contribution in [1.82, 2.24) is 10.2 Å².